The number of carbonyl (C=O) groups is 2. The highest BCUT2D eigenvalue weighted by atomic mass is 16.3. The molecule has 3 aromatic heterocycles. The Morgan fingerprint density at radius 2 is 1.93 bits per heavy atom. The Morgan fingerprint density at radius 3 is 2.59 bits per heavy atom. The maximum absolute atomic E-state index is 13.6. The number of nitriles is 1. The number of rotatable bonds is 8. The second-order valence-corrected chi connectivity index (χ2v) is 11.5. The molecule has 1 aromatic carbocycles. The van der Waals surface area contributed by atoms with Crippen molar-refractivity contribution in [1.29, 1.82) is 5.26 Å². The molecule has 0 unspecified atom stereocenters. The van der Waals surface area contributed by atoms with Gasteiger partial charge in [-0.05, 0) is 74.4 Å². The van der Waals surface area contributed by atoms with Gasteiger partial charge in [-0.15, -0.1) is 0 Å². The van der Waals surface area contributed by atoms with Gasteiger partial charge in [0.2, 0.25) is 5.89 Å². The van der Waals surface area contributed by atoms with Gasteiger partial charge in [0.05, 0.1) is 17.8 Å². The van der Waals surface area contributed by atoms with Gasteiger partial charge in [-0.25, -0.2) is 9.97 Å². The lowest BCUT2D eigenvalue weighted by Crippen LogP contribution is -2.41. The molecule has 3 aliphatic rings. The van der Waals surface area contributed by atoms with Crippen LogP contribution in [0.3, 0.4) is 0 Å². The topological polar surface area (TPSA) is 165 Å². The summed E-state index contributed by atoms with van der Waals surface area (Å²) in [5.41, 5.74) is 8.84. The molecular weight excluding hydrogens is 520 g/mol. The van der Waals surface area contributed by atoms with Crippen molar-refractivity contribution in [3.8, 4) is 17.2 Å². The van der Waals surface area contributed by atoms with Crippen LogP contribution in [0.5, 0.6) is 0 Å². The average molecular weight is 549 g/mol. The lowest BCUT2D eigenvalue weighted by Gasteiger charge is -2.13. The number of pyridine rings is 1. The minimum atomic E-state index is -0.923. The van der Waals surface area contributed by atoms with E-state index in [9.17, 15) is 14.9 Å². The predicted octanol–water partition coefficient (Wildman–Crippen LogP) is 4.00. The number of oxazole rings is 1. The summed E-state index contributed by atoms with van der Waals surface area (Å²) in [6.45, 7) is 2.15. The second-order valence-electron chi connectivity index (χ2n) is 11.5. The summed E-state index contributed by atoms with van der Waals surface area (Å²) in [5.74, 6) is -0.462. The van der Waals surface area contributed by atoms with Gasteiger partial charge in [-0.3, -0.25) is 14.3 Å². The molecule has 0 spiro atoms. The van der Waals surface area contributed by atoms with Gasteiger partial charge in [-0.2, -0.15) is 10.4 Å². The third-order valence-electron chi connectivity index (χ3n) is 8.08. The van der Waals surface area contributed by atoms with Crippen LogP contribution in [0.2, 0.25) is 0 Å². The van der Waals surface area contributed by atoms with E-state index in [4.69, 9.17) is 15.2 Å². The fraction of sp³-hybridized carbons (Fsp3) is 0.333. The van der Waals surface area contributed by atoms with Crippen LogP contribution in [0, 0.1) is 11.3 Å². The zero-order chi connectivity index (χ0) is 28.4. The Balaban J connectivity index is 1.21. The number of aromatic nitrogens is 4. The third-order valence-corrected chi connectivity index (χ3v) is 8.08. The van der Waals surface area contributed by atoms with E-state index in [0.29, 0.717) is 35.5 Å². The highest BCUT2D eigenvalue weighted by Gasteiger charge is 2.46. The molecule has 0 bridgehead atoms. The number of hydrogen-bond acceptors (Lipinski definition) is 8. The Hall–Kier alpha value is -4.98. The van der Waals surface area contributed by atoms with E-state index in [1.807, 2.05) is 30.3 Å². The van der Waals surface area contributed by atoms with Gasteiger partial charge in [0.25, 0.3) is 11.8 Å². The molecule has 3 fully saturated rings. The van der Waals surface area contributed by atoms with E-state index in [2.05, 4.69) is 33.6 Å². The van der Waals surface area contributed by atoms with E-state index >= 15 is 0 Å². The van der Waals surface area contributed by atoms with E-state index < -0.39 is 17.4 Å². The number of nitrogens with zero attached hydrogens (tertiary/aromatic N) is 5. The molecule has 4 aromatic rings. The first-order chi connectivity index (χ1) is 19.7. The molecule has 0 radical (unpaired) electrons. The summed E-state index contributed by atoms with van der Waals surface area (Å²) < 4.78 is 7.76. The third kappa shape index (κ3) is 4.82. The van der Waals surface area contributed by atoms with Crippen LogP contribution in [-0.4, -0.2) is 37.1 Å². The molecule has 41 heavy (non-hydrogen) atoms. The molecule has 3 saturated carbocycles. The Kier molecular flexibility index (Phi) is 5.51. The molecule has 11 heteroatoms. The summed E-state index contributed by atoms with van der Waals surface area (Å²) in [6.07, 6.45) is 8.17. The molecular formula is C30H28N8O3. The lowest BCUT2D eigenvalue weighted by molar-refractivity contribution is -0.118. The van der Waals surface area contributed by atoms with Crippen molar-refractivity contribution in [2.45, 2.75) is 62.4 Å². The summed E-state index contributed by atoms with van der Waals surface area (Å²) in [6, 6.07) is 13.3. The monoisotopic (exact) mass is 548 g/mol. The lowest BCUT2D eigenvalue weighted by atomic mass is 10.1. The van der Waals surface area contributed by atoms with E-state index in [0.717, 1.165) is 42.5 Å². The van der Waals surface area contributed by atoms with Gasteiger partial charge >= 0.3 is 0 Å². The van der Waals surface area contributed by atoms with Crippen molar-refractivity contribution >= 4 is 34.8 Å². The van der Waals surface area contributed by atoms with Crippen molar-refractivity contribution in [2.75, 3.05) is 5.73 Å². The Bertz CT molecular complexity index is 1780. The normalized spacial score (nSPS) is 18.5. The van der Waals surface area contributed by atoms with Crippen molar-refractivity contribution in [2.24, 2.45) is 0 Å². The molecule has 0 saturated heterocycles. The van der Waals surface area contributed by atoms with E-state index in [1.165, 1.54) is 6.08 Å². The SMILES string of the molecule is CC1(c2cc(C(=O)NC(=Cc3nc4ccc(-c5ccc(N)nc5)cc4o3)C(=O)NC3(C#N)CC3)n(C3CC3)n2)CC1. The number of amides is 2. The van der Waals surface area contributed by atoms with Crippen LogP contribution in [0.15, 0.2) is 52.7 Å². The van der Waals surface area contributed by atoms with Crippen LogP contribution < -0.4 is 16.4 Å². The van der Waals surface area contributed by atoms with Crippen molar-refractivity contribution in [1.82, 2.24) is 30.4 Å². The van der Waals surface area contributed by atoms with Crippen LogP contribution in [-0.2, 0) is 10.2 Å². The first-order valence-electron chi connectivity index (χ1n) is 13.7. The fourth-order valence-corrected chi connectivity index (χ4v) is 4.80. The minimum Gasteiger partial charge on any atom is -0.437 e. The average Bonchev–Trinajstić information content (AvgIpc) is 3.93. The molecule has 206 valence electrons. The number of nitrogens with one attached hydrogen (secondary N) is 2. The second kappa shape index (κ2) is 9.02. The molecule has 3 heterocycles. The molecule has 3 aliphatic carbocycles. The number of carbonyl (C=O) groups excluding carboxylic acids is 2. The van der Waals surface area contributed by atoms with Crippen LogP contribution >= 0.6 is 0 Å². The largest absolute Gasteiger partial charge is 0.437 e. The van der Waals surface area contributed by atoms with Gasteiger partial charge in [0.15, 0.2) is 5.58 Å². The molecule has 11 nitrogen and oxygen atoms in total. The summed E-state index contributed by atoms with van der Waals surface area (Å²) >= 11 is 0. The number of nitrogens with two attached hydrogens (primary N) is 1. The van der Waals surface area contributed by atoms with Gasteiger partial charge in [-0.1, -0.05) is 13.0 Å². The van der Waals surface area contributed by atoms with Crippen molar-refractivity contribution in [3.05, 3.63) is 65.6 Å². The predicted molar refractivity (Wildman–Crippen MR) is 150 cm³/mol. The van der Waals surface area contributed by atoms with E-state index in [1.54, 1.807) is 16.9 Å². The van der Waals surface area contributed by atoms with Crippen molar-refractivity contribution in [3.63, 3.8) is 0 Å². The number of benzene rings is 1. The summed E-state index contributed by atoms with van der Waals surface area (Å²) in [4.78, 5) is 35.6. The molecule has 0 atom stereocenters. The fourth-order valence-electron chi connectivity index (χ4n) is 4.80. The Labute approximate surface area is 235 Å². The zero-order valence-corrected chi connectivity index (χ0v) is 22.5. The van der Waals surface area contributed by atoms with Crippen LogP contribution in [0.25, 0.3) is 28.3 Å². The highest BCUT2D eigenvalue weighted by molar-refractivity contribution is 6.05. The Morgan fingerprint density at radius 1 is 1.15 bits per heavy atom. The van der Waals surface area contributed by atoms with Gasteiger partial charge < -0.3 is 20.8 Å². The standard InChI is InChI=1S/C30H28N8O3/c1-29(8-9-29)24-14-22(38(37-24)19-4-5-19)28(40)35-21(27(39)36-30(16-31)10-11-30)13-26-34-20-6-2-17(12-23(20)41-26)18-3-7-25(32)33-15-18/h2-3,6-7,12-15,19H,4-5,8-11H2,1H3,(H2,32,33)(H,35,40)(H,36,39). The number of nitrogen functional groups attached to an aromatic ring is 1. The first-order valence-corrected chi connectivity index (χ1v) is 13.7. The number of fused-ring (bicyclic) bond motifs is 1. The maximum Gasteiger partial charge on any atom is 0.274 e. The summed E-state index contributed by atoms with van der Waals surface area (Å²) in [5, 5.41) is 19.8. The molecule has 2 amide bonds. The van der Waals surface area contributed by atoms with Gasteiger partial charge in [0, 0.05) is 23.3 Å². The van der Waals surface area contributed by atoms with Crippen LogP contribution in [0.1, 0.15) is 73.6 Å². The maximum atomic E-state index is 13.6. The number of hydrogen-bond donors (Lipinski definition) is 3. The smallest absolute Gasteiger partial charge is 0.274 e. The van der Waals surface area contributed by atoms with E-state index in [-0.39, 0.29) is 23.0 Å². The molecule has 4 N–H and O–H groups in total. The zero-order valence-electron chi connectivity index (χ0n) is 22.5. The molecule has 0 aliphatic heterocycles. The first kappa shape index (κ1) is 25.0. The van der Waals surface area contributed by atoms with Crippen molar-refractivity contribution < 1.29 is 14.0 Å². The number of anilines is 1. The summed E-state index contributed by atoms with van der Waals surface area (Å²) in [7, 11) is 0. The minimum absolute atomic E-state index is 0.00413. The van der Waals surface area contributed by atoms with Crippen LogP contribution in [0.4, 0.5) is 5.82 Å². The highest BCUT2D eigenvalue weighted by Crippen LogP contribution is 2.48. The molecule has 7 rings (SSSR count). The van der Waals surface area contributed by atoms with Gasteiger partial charge in [0.1, 0.15) is 28.3 Å². The quantitative estimate of drug-likeness (QED) is 0.278.